The normalized spacial score (nSPS) is 24.7. The van der Waals surface area contributed by atoms with Crippen molar-refractivity contribution in [3.8, 4) is 0 Å². The second kappa shape index (κ2) is 7.37. The van der Waals surface area contributed by atoms with Gasteiger partial charge in [0.05, 0.1) is 0 Å². The number of hydrogen-bond donors (Lipinski definition) is 0. The summed E-state index contributed by atoms with van der Waals surface area (Å²) in [5.74, 6) is 0. The zero-order valence-electron chi connectivity index (χ0n) is 7.94. The first-order valence-corrected chi connectivity index (χ1v) is 5.00. The molecule has 1 nitrogen and oxygen atoms in total. The maximum Gasteiger partial charge on any atom is 0.144 e. The van der Waals surface area contributed by atoms with Crippen LogP contribution in [0, 0.1) is 31.8 Å². The molecule has 1 rings (SSSR count). The number of rotatable bonds is 0. The van der Waals surface area contributed by atoms with E-state index in [9.17, 15) is 5.11 Å². The van der Waals surface area contributed by atoms with E-state index in [-0.39, 0.29) is 6.10 Å². The van der Waals surface area contributed by atoms with Crippen molar-refractivity contribution >= 4 is 0 Å². The summed E-state index contributed by atoms with van der Waals surface area (Å²) in [5, 5.41) is 11.1. The van der Waals surface area contributed by atoms with Gasteiger partial charge in [0.25, 0.3) is 0 Å². The van der Waals surface area contributed by atoms with Gasteiger partial charge in [-0.1, -0.05) is 32.1 Å². The standard InChI is InChI=1S/C12H15O/c13-12-10-8-6-4-2-1-3-5-7-9-11-12/h4H,1-3,5,7,9,11H2. The lowest BCUT2D eigenvalue weighted by Gasteiger charge is -2.07. The van der Waals surface area contributed by atoms with E-state index in [0.29, 0.717) is 6.42 Å². The van der Waals surface area contributed by atoms with Crippen LogP contribution in [-0.2, 0) is 5.11 Å². The van der Waals surface area contributed by atoms with Crippen LogP contribution in [0.4, 0.5) is 0 Å². The SMILES string of the molecule is [O][C]1[C][C][C][CH]CCCCCCC1. The van der Waals surface area contributed by atoms with E-state index in [0.717, 1.165) is 12.8 Å². The third-order valence-electron chi connectivity index (χ3n) is 2.13. The van der Waals surface area contributed by atoms with E-state index in [1.165, 1.54) is 25.7 Å². The molecule has 1 fully saturated rings. The first kappa shape index (κ1) is 11.0. The number of hydrogen-bond acceptors (Lipinski definition) is 0. The molecule has 69 valence electrons. The molecule has 0 saturated heterocycles. The Kier molecular flexibility index (Phi) is 6.26. The van der Waals surface area contributed by atoms with Crippen LogP contribution in [-0.4, -0.2) is 0 Å². The average molecular weight is 175 g/mol. The Bertz CT molecular complexity index is 99.7. The molecule has 0 N–H and O–H groups in total. The Hall–Kier alpha value is -0.0400. The third kappa shape index (κ3) is 6.09. The summed E-state index contributed by atoms with van der Waals surface area (Å²) in [7, 11) is 0. The quantitative estimate of drug-likeness (QED) is 0.539. The van der Waals surface area contributed by atoms with Crippen LogP contribution in [0.25, 0.3) is 0 Å². The summed E-state index contributed by atoms with van der Waals surface area (Å²) in [4.78, 5) is 0. The van der Waals surface area contributed by atoms with Gasteiger partial charge in [0.15, 0.2) is 0 Å². The Morgan fingerprint density at radius 3 is 2.77 bits per heavy atom. The van der Waals surface area contributed by atoms with E-state index in [1.54, 1.807) is 0 Å². The Balaban J connectivity index is 2.11. The van der Waals surface area contributed by atoms with Crippen molar-refractivity contribution in [3.05, 3.63) is 31.8 Å². The fourth-order valence-electron chi connectivity index (χ4n) is 1.35. The van der Waals surface area contributed by atoms with Gasteiger partial charge in [0, 0.05) is 12.8 Å². The van der Waals surface area contributed by atoms with Crippen molar-refractivity contribution in [3.63, 3.8) is 0 Å². The molecule has 13 heavy (non-hydrogen) atoms. The summed E-state index contributed by atoms with van der Waals surface area (Å²) in [6.45, 7) is 0. The maximum atomic E-state index is 11.1. The minimum Gasteiger partial charge on any atom is -0.225 e. The van der Waals surface area contributed by atoms with E-state index >= 15 is 0 Å². The highest BCUT2D eigenvalue weighted by atomic mass is 16.3. The second-order valence-electron chi connectivity index (χ2n) is 3.33. The summed E-state index contributed by atoms with van der Waals surface area (Å²) >= 11 is 0. The van der Waals surface area contributed by atoms with Crippen LogP contribution in [0.1, 0.15) is 44.9 Å². The molecule has 0 spiro atoms. The van der Waals surface area contributed by atoms with Gasteiger partial charge in [0.1, 0.15) is 6.10 Å². The van der Waals surface area contributed by atoms with Gasteiger partial charge >= 0.3 is 0 Å². The van der Waals surface area contributed by atoms with Crippen molar-refractivity contribution in [1.82, 2.24) is 0 Å². The zero-order valence-corrected chi connectivity index (χ0v) is 7.94. The molecule has 0 amide bonds. The molecule has 0 atom stereocenters. The van der Waals surface area contributed by atoms with E-state index in [1.807, 2.05) is 6.42 Å². The molecule has 0 heterocycles. The minimum atomic E-state index is 0.0569. The predicted octanol–water partition coefficient (Wildman–Crippen LogP) is 3.14. The fourth-order valence-corrected chi connectivity index (χ4v) is 1.35. The van der Waals surface area contributed by atoms with Crippen LogP contribution in [0.2, 0.25) is 0 Å². The van der Waals surface area contributed by atoms with E-state index < -0.39 is 0 Å². The summed E-state index contributed by atoms with van der Waals surface area (Å²) in [6.07, 6.45) is 17.6. The van der Waals surface area contributed by atoms with Crippen molar-refractivity contribution in [2.24, 2.45) is 0 Å². The van der Waals surface area contributed by atoms with Gasteiger partial charge in [-0.05, 0) is 25.7 Å². The van der Waals surface area contributed by atoms with Gasteiger partial charge in [0.2, 0.25) is 0 Å². The topological polar surface area (TPSA) is 19.9 Å². The summed E-state index contributed by atoms with van der Waals surface area (Å²) in [6, 6.07) is 0. The molecule has 0 bridgehead atoms. The van der Waals surface area contributed by atoms with Gasteiger partial charge in [-0.3, -0.25) is 0 Å². The molecular weight excluding hydrogens is 160 g/mol. The minimum absolute atomic E-state index is 0.0569. The van der Waals surface area contributed by atoms with Crippen LogP contribution < -0.4 is 0 Å². The fraction of sp³-hybridized carbons (Fsp3) is 0.583. The lowest BCUT2D eigenvalue weighted by Crippen LogP contribution is -1.97. The van der Waals surface area contributed by atoms with E-state index in [2.05, 4.69) is 19.3 Å². The molecule has 1 saturated carbocycles. The molecule has 1 aliphatic rings. The highest BCUT2D eigenvalue weighted by Gasteiger charge is 2.09. The molecule has 0 aromatic heterocycles. The molecule has 1 heteroatoms. The highest BCUT2D eigenvalue weighted by Crippen LogP contribution is 2.18. The smallest absolute Gasteiger partial charge is 0.144 e. The van der Waals surface area contributed by atoms with Gasteiger partial charge in [-0.25, -0.2) is 5.11 Å². The largest absolute Gasteiger partial charge is 0.225 e. The molecule has 0 aliphatic heterocycles. The monoisotopic (exact) mass is 175 g/mol. The van der Waals surface area contributed by atoms with Crippen molar-refractivity contribution in [1.29, 1.82) is 0 Å². The zero-order chi connectivity index (χ0) is 9.36. The van der Waals surface area contributed by atoms with Crippen LogP contribution in [0.15, 0.2) is 0 Å². The molecule has 1 aliphatic carbocycles. The summed E-state index contributed by atoms with van der Waals surface area (Å²) < 4.78 is 0. The second-order valence-corrected chi connectivity index (χ2v) is 3.33. The van der Waals surface area contributed by atoms with Crippen molar-refractivity contribution in [2.75, 3.05) is 0 Å². The van der Waals surface area contributed by atoms with Crippen molar-refractivity contribution in [2.45, 2.75) is 44.9 Å². The summed E-state index contributed by atoms with van der Waals surface area (Å²) in [5.41, 5.74) is 0. The van der Waals surface area contributed by atoms with Crippen LogP contribution in [0.5, 0.6) is 0 Å². The van der Waals surface area contributed by atoms with E-state index in [4.69, 9.17) is 0 Å². The van der Waals surface area contributed by atoms with Crippen LogP contribution >= 0.6 is 0 Å². The molecule has 0 unspecified atom stereocenters. The third-order valence-corrected chi connectivity index (χ3v) is 2.13. The molecular formula is C12H15O. The van der Waals surface area contributed by atoms with Gasteiger partial charge in [-0.15, -0.1) is 0 Å². The average Bonchev–Trinajstić information content (AvgIpc) is 2.11. The van der Waals surface area contributed by atoms with Crippen molar-refractivity contribution < 1.29 is 5.11 Å². The Morgan fingerprint density at radius 1 is 1.08 bits per heavy atom. The molecule has 0 aromatic carbocycles. The van der Waals surface area contributed by atoms with Crippen LogP contribution in [0.3, 0.4) is 0 Å². The highest BCUT2D eigenvalue weighted by molar-refractivity contribution is 5.11. The van der Waals surface area contributed by atoms with Gasteiger partial charge in [-0.2, -0.15) is 0 Å². The Labute approximate surface area is 82.5 Å². The lowest BCUT2D eigenvalue weighted by molar-refractivity contribution is 0.206. The van der Waals surface area contributed by atoms with Gasteiger partial charge < -0.3 is 0 Å². The molecule has 9 radical (unpaired) electrons. The first-order valence-electron chi connectivity index (χ1n) is 5.00. The Morgan fingerprint density at radius 2 is 1.85 bits per heavy atom. The lowest BCUT2D eigenvalue weighted by atomic mass is 10.00. The maximum absolute atomic E-state index is 11.1. The predicted molar refractivity (Wildman–Crippen MR) is 50.3 cm³/mol. The molecule has 0 aromatic rings. The first-order chi connectivity index (χ1) is 6.39.